The second kappa shape index (κ2) is 7.16. The molecule has 0 bridgehead atoms. The van der Waals surface area contributed by atoms with Crippen molar-refractivity contribution >= 4 is 0 Å². The van der Waals surface area contributed by atoms with Crippen LogP contribution in [0.2, 0.25) is 0 Å². The lowest BCUT2D eigenvalue weighted by molar-refractivity contribution is -0.0521. The highest BCUT2D eigenvalue weighted by Crippen LogP contribution is 2.31. The first-order valence-electron chi connectivity index (χ1n) is 6.05. The predicted octanol–water partition coefficient (Wildman–Crippen LogP) is 3.31. The van der Waals surface area contributed by atoms with Crippen LogP contribution in [0.15, 0.2) is 18.2 Å². The fraction of sp³-hybridized carbons (Fsp3) is 0.538. The molecule has 0 aliphatic heterocycles. The van der Waals surface area contributed by atoms with E-state index in [1.165, 1.54) is 6.07 Å². The zero-order valence-corrected chi connectivity index (χ0v) is 10.7. The van der Waals surface area contributed by atoms with Crippen molar-refractivity contribution < 1.29 is 18.3 Å². The summed E-state index contributed by atoms with van der Waals surface area (Å²) in [5.74, 6) is 0.376. The minimum atomic E-state index is -2.86. The van der Waals surface area contributed by atoms with Crippen molar-refractivity contribution in [1.29, 1.82) is 0 Å². The average Bonchev–Trinajstić information content (AvgIpc) is 2.36. The minimum Gasteiger partial charge on any atom is -0.487 e. The van der Waals surface area contributed by atoms with Crippen LogP contribution in [0.25, 0.3) is 0 Å². The number of rotatable bonds is 7. The Morgan fingerprint density at radius 1 is 1.11 bits per heavy atom. The van der Waals surface area contributed by atoms with Gasteiger partial charge in [-0.05, 0) is 30.5 Å². The number of ether oxygens (including phenoxy) is 2. The highest BCUT2D eigenvalue weighted by atomic mass is 19.3. The SMILES string of the molecule is CCC(CC)Oc1cc(CN)ccc1OC(F)F. The van der Waals surface area contributed by atoms with E-state index in [2.05, 4.69) is 4.74 Å². The van der Waals surface area contributed by atoms with E-state index in [1.54, 1.807) is 12.1 Å². The quantitative estimate of drug-likeness (QED) is 0.817. The molecule has 0 saturated carbocycles. The van der Waals surface area contributed by atoms with Crippen molar-refractivity contribution in [1.82, 2.24) is 0 Å². The van der Waals surface area contributed by atoms with Crippen LogP contribution < -0.4 is 15.2 Å². The lowest BCUT2D eigenvalue weighted by Gasteiger charge is -2.19. The molecule has 0 saturated heterocycles. The summed E-state index contributed by atoms with van der Waals surface area (Å²) in [4.78, 5) is 0. The van der Waals surface area contributed by atoms with Crippen LogP contribution in [0.1, 0.15) is 32.3 Å². The van der Waals surface area contributed by atoms with Crippen molar-refractivity contribution in [2.75, 3.05) is 0 Å². The summed E-state index contributed by atoms with van der Waals surface area (Å²) in [5.41, 5.74) is 6.34. The van der Waals surface area contributed by atoms with E-state index in [-0.39, 0.29) is 11.9 Å². The number of alkyl halides is 2. The van der Waals surface area contributed by atoms with Gasteiger partial charge in [0.1, 0.15) is 0 Å². The maximum absolute atomic E-state index is 12.3. The fourth-order valence-electron chi connectivity index (χ4n) is 1.60. The Labute approximate surface area is 106 Å². The summed E-state index contributed by atoms with van der Waals surface area (Å²) in [5, 5.41) is 0. The topological polar surface area (TPSA) is 44.5 Å². The van der Waals surface area contributed by atoms with Crippen molar-refractivity contribution in [2.45, 2.75) is 45.9 Å². The number of benzene rings is 1. The number of nitrogens with two attached hydrogens (primary N) is 1. The normalized spacial score (nSPS) is 11.1. The molecule has 0 amide bonds. The third-order valence-corrected chi connectivity index (χ3v) is 2.66. The first kappa shape index (κ1) is 14.7. The molecule has 18 heavy (non-hydrogen) atoms. The molecule has 0 fully saturated rings. The highest BCUT2D eigenvalue weighted by molar-refractivity contribution is 5.43. The Hall–Kier alpha value is -1.36. The molecule has 0 radical (unpaired) electrons. The molecular weight excluding hydrogens is 240 g/mol. The van der Waals surface area contributed by atoms with Gasteiger partial charge >= 0.3 is 6.61 Å². The van der Waals surface area contributed by atoms with Crippen LogP contribution in [0.5, 0.6) is 11.5 Å². The predicted molar refractivity (Wildman–Crippen MR) is 66.0 cm³/mol. The number of hydrogen-bond donors (Lipinski definition) is 1. The Bertz CT molecular complexity index is 368. The molecule has 0 aliphatic carbocycles. The van der Waals surface area contributed by atoms with Crippen LogP contribution in [0.4, 0.5) is 8.78 Å². The summed E-state index contributed by atoms with van der Waals surface area (Å²) in [6.07, 6.45) is 1.59. The molecule has 3 nitrogen and oxygen atoms in total. The van der Waals surface area contributed by atoms with Gasteiger partial charge < -0.3 is 15.2 Å². The van der Waals surface area contributed by atoms with Gasteiger partial charge in [-0.3, -0.25) is 0 Å². The summed E-state index contributed by atoms with van der Waals surface area (Å²) in [6.45, 7) is 1.43. The monoisotopic (exact) mass is 259 g/mol. The standard InChI is InChI=1S/C13H19F2NO2/c1-3-10(4-2)17-12-7-9(8-16)5-6-11(12)18-13(14)15/h5-7,10,13H,3-4,8,16H2,1-2H3. The van der Waals surface area contributed by atoms with Crippen LogP contribution in [-0.2, 0) is 6.54 Å². The van der Waals surface area contributed by atoms with Crippen molar-refractivity contribution in [3.63, 3.8) is 0 Å². The number of halogens is 2. The Kier molecular flexibility index (Phi) is 5.85. The van der Waals surface area contributed by atoms with Gasteiger partial charge in [-0.25, -0.2) is 0 Å². The molecule has 1 aromatic carbocycles. The molecule has 102 valence electrons. The summed E-state index contributed by atoms with van der Waals surface area (Å²) < 4.78 is 34.7. The van der Waals surface area contributed by atoms with Gasteiger partial charge in [-0.1, -0.05) is 19.9 Å². The zero-order valence-electron chi connectivity index (χ0n) is 10.7. The lowest BCUT2D eigenvalue weighted by Crippen LogP contribution is -2.15. The third-order valence-electron chi connectivity index (χ3n) is 2.66. The molecule has 0 aromatic heterocycles. The second-order valence-corrected chi connectivity index (χ2v) is 3.92. The van der Waals surface area contributed by atoms with E-state index in [9.17, 15) is 8.78 Å². The molecular formula is C13H19F2NO2. The summed E-state index contributed by atoms with van der Waals surface area (Å²) in [6, 6.07) is 4.76. The van der Waals surface area contributed by atoms with Crippen LogP contribution in [-0.4, -0.2) is 12.7 Å². The Morgan fingerprint density at radius 2 is 1.78 bits per heavy atom. The van der Waals surface area contributed by atoms with Gasteiger partial charge in [-0.15, -0.1) is 0 Å². The maximum atomic E-state index is 12.3. The van der Waals surface area contributed by atoms with E-state index in [4.69, 9.17) is 10.5 Å². The van der Waals surface area contributed by atoms with E-state index in [1.807, 2.05) is 13.8 Å². The van der Waals surface area contributed by atoms with Gasteiger partial charge in [0.15, 0.2) is 11.5 Å². The zero-order chi connectivity index (χ0) is 13.5. The van der Waals surface area contributed by atoms with E-state index < -0.39 is 6.61 Å². The van der Waals surface area contributed by atoms with Gasteiger partial charge in [-0.2, -0.15) is 8.78 Å². The smallest absolute Gasteiger partial charge is 0.387 e. The van der Waals surface area contributed by atoms with Gasteiger partial charge in [0.05, 0.1) is 6.10 Å². The van der Waals surface area contributed by atoms with Gasteiger partial charge in [0.2, 0.25) is 0 Å². The van der Waals surface area contributed by atoms with E-state index >= 15 is 0 Å². The maximum Gasteiger partial charge on any atom is 0.387 e. The summed E-state index contributed by atoms with van der Waals surface area (Å²) in [7, 11) is 0. The first-order valence-corrected chi connectivity index (χ1v) is 6.05. The molecule has 1 rings (SSSR count). The van der Waals surface area contributed by atoms with Crippen LogP contribution in [0, 0.1) is 0 Å². The number of hydrogen-bond acceptors (Lipinski definition) is 3. The molecule has 5 heteroatoms. The van der Waals surface area contributed by atoms with E-state index in [0.717, 1.165) is 18.4 Å². The van der Waals surface area contributed by atoms with Gasteiger partial charge in [0, 0.05) is 6.54 Å². The van der Waals surface area contributed by atoms with Crippen LogP contribution in [0.3, 0.4) is 0 Å². The van der Waals surface area contributed by atoms with Crippen molar-refractivity contribution in [2.24, 2.45) is 5.73 Å². The molecule has 1 aromatic rings. The minimum absolute atomic E-state index is 0.0157. The second-order valence-electron chi connectivity index (χ2n) is 3.92. The molecule has 0 heterocycles. The molecule has 0 atom stereocenters. The Balaban J connectivity index is 2.95. The van der Waals surface area contributed by atoms with Crippen molar-refractivity contribution in [3.8, 4) is 11.5 Å². The Morgan fingerprint density at radius 3 is 2.28 bits per heavy atom. The van der Waals surface area contributed by atoms with E-state index in [0.29, 0.717) is 12.3 Å². The molecule has 0 aliphatic rings. The average molecular weight is 259 g/mol. The van der Waals surface area contributed by atoms with Crippen molar-refractivity contribution in [3.05, 3.63) is 23.8 Å². The summed E-state index contributed by atoms with van der Waals surface area (Å²) >= 11 is 0. The first-order chi connectivity index (χ1) is 8.60. The van der Waals surface area contributed by atoms with Gasteiger partial charge in [0.25, 0.3) is 0 Å². The fourth-order valence-corrected chi connectivity index (χ4v) is 1.60. The lowest BCUT2D eigenvalue weighted by atomic mass is 10.2. The highest BCUT2D eigenvalue weighted by Gasteiger charge is 2.14. The molecule has 0 spiro atoms. The molecule has 2 N–H and O–H groups in total. The molecule has 0 unspecified atom stereocenters. The largest absolute Gasteiger partial charge is 0.487 e. The third kappa shape index (κ3) is 4.14. The van der Waals surface area contributed by atoms with Crippen LogP contribution >= 0.6 is 0 Å².